The molecule has 0 spiro atoms. The van der Waals surface area contributed by atoms with Gasteiger partial charge in [0.1, 0.15) is 0 Å². The lowest BCUT2D eigenvalue weighted by molar-refractivity contribution is 0.630. The van der Waals surface area contributed by atoms with Gasteiger partial charge in [-0.2, -0.15) is 0 Å². The van der Waals surface area contributed by atoms with Gasteiger partial charge in [-0.05, 0) is 115 Å². The highest BCUT2D eigenvalue weighted by Gasteiger charge is 2.36. The van der Waals surface area contributed by atoms with Crippen LogP contribution in [0.2, 0.25) is 0 Å². The summed E-state index contributed by atoms with van der Waals surface area (Å²) in [6, 6.07) is 38.4. The molecule has 1 aromatic heterocycles. The maximum atomic E-state index is 4.18. The van der Waals surface area contributed by atoms with E-state index in [4.69, 9.17) is 0 Å². The van der Waals surface area contributed by atoms with Gasteiger partial charge in [0.05, 0.1) is 16.7 Å². The first kappa shape index (κ1) is 34.3. The fraction of sp³-hybridized carbons (Fsp3) is 0.200. The minimum Gasteiger partial charge on any atom is -0.337 e. The smallest absolute Gasteiger partial charge is 0.0583 e. The monoisotopic (exact) mass is 691 g/mol. The third-order valence-corrected chi connectivity index (χ3v) is 11.3. The molecule has 0 radical (unpaired) electrons. The Kier molecular flexibility index (Phi) is 9.04. The van der Waals surface area contributed by atoms with Crippen molar-refractivity contribution in [1.29, 1.82) is 0 Å². The highest BCUT2D eigenvalue weighted by molar-refractivity contribution is 6.14. The van der Waals surface area contributed by atoms with E-state index >= 15 is 0 Å². The molecule has 3 heteroatoms. The molecule has 2 heterocycles. The first-order valence-corrected chi connectivity index (χ1v) is 19.1. The number of nitrogens with zero attached hydrogens (tertiary/aromatic N) is 3. The zero-order chi connectivity index (χ0) is 36.7. The van der Waals surface area contributed by atoms with Crippen LogP contribution in [0, 0.1) is 6.92 Å². The van der Waals surface area contributed by atoms with Gasteiger partial charge in [-0.1, -0.05) is 106 Å². The lowest BCUT2D eigenvalue weighted by Crippen LogP contribution is -2.27. The maximum absolute atomic E-state index is 4.18. The molecule has 0 unspecified atom stereocenters. The van der Waals surface area contributed by atoms with Gasteiger partial charge in [-0.25, -0.2) is 0 Å². The summed E-state index contributed by atoms with van der Waals surface area (Å²) < 4.78 is 2.52. The zero-order valence-corrected chi connectivity index (χ0v) is 31.6. The molecule has 0 amide bonds. The second-order valence-electron chi connectivity index (χ2n) is 14.9. The molecule has 5 aromatic carbocycles. The van der Waals surface area contributed by atoms with Crippen molar-refractivity contribution in [2.45, 2.75) is 58.8 Å². The van der Waals surface area contributed by atoms with Crippen molar-refractivity contribution in [1.82, 2.24) is 4.57 Å². The van der Waals surface area contributed by atoms with Crippen LogP contribution in [0.4, 0.5) is 22.7 Å². The first-order chi connectivity index (χ1) is 25.9. The van der Waals surface area contributed by atoms with E-state index in [1.807, 2.05) is 12.2 Å². The summed E-state index contributed by atoms with van der Waals surface area (Å²) >= 11 is 0. The topological polar surface area (TPSA) is 11.4 Å². The number of allylic oxidation sites excluding steroid dienone is 5. The van der Waals surface area contributed by atoms with Crippen LogP contribution in [-0.2, 0) is 5.41 Å². The second-order valence-corrected chi connectivity index (χ2v) is 14.9. The highest BCUT2D eigenvalue weighted by Crippen LogP contribution is 2.51. The van der Waals surface area contributed by atoms with Crippen LogP contribution in [0.25, 0.3) is 33.6 Å². The summed E-state index contributed by atoms with van der Waals surface area (Å²) in [7, 11) is 0. The van der Waals surface area contributed by atoms with E-state index in [1.54, 1.807) is 0 Å². The van der Waals surface area contributed by atoms with Crippen LogP contribution in [0.5, 0.6) is 0 Å². The Balaban J connectivity index is 1.44. The quantitative estimate of drug-likeness (QED) is 0.125. The maximum Gasteiger partial charge on any atom is 0.0583 e. The van der Waals surface area contributed by atoms with Gasteiger partial charge in [-0.3, -0.25) is 0 Å². The Labute approximate surface area is 315 Å². The number of aryl methyl sites for hydroxylation is 1. The van der Waals surface area contributed by atoms with E-state index < -0.39 is 0 Å². The summed E-state index contributed by atoms with van der Waals surface area (Å²) in [5.41, 5.74) is 16.2. The van der Waals surface area contributed by atoms with Crippen LogP contribution in [-0.4, -0.2) is 11.1 Å². The van der Waals surface area contributed by atoms with Crippen molar-refractivity contribution in [2.24, 2.45) is 0 Å². The number of fused-ring (bicyclic) bond motifs is 5. The number of rotatable bonds is 11. The number of anilines is 4. The van der Waals surface area contributed by atoms with E-state index in [1.165, 1.54) is 72.4 Å². The molecule has 0 saturated heterocycles. The Morgan fingerprint density at radius 2 is 1.55 bits per heavy atom. The Hall–Kier alpha value is -5.80. The van der Waals surface area contributed by atoms with E-state index in [-0.39, 0.29) is 5.41 Å². The van der Waals surface area contributed by atoms with Gasteiger partial charge in [0.2, 0.25) is 0 Å². The van der Waals surface area contributed by atoms with Gasteiger partial charge in [0.25, 0.3) is 0 Å². The van der Waals surface area contributed by atoms with Crippen LogP contribution < -0.4 is 9.80 Å². The Morgan fingerprint density at radius 1 is 0.792 bits per heavy atom. The molecule has 3 nitrogen and oxygen atoms in total. The molecule has 1 aliphatic carbocycles. The Bertz CT molecular complexity index is 2480. The molecular formula is C50H49N3. The van der Waals surface area contributed by atoms with E-state index in [0.29, 0.717) is 6.54 Å². The molecule has 6 aromatic rings. The summed E-state index contributed by atoms with van der Waals surface area (Å²) in [4.78, 5) is 4.93. The second kappa shape index (κ2) is 14.0. The number of para-hydroxylation sites is 3. The standard InChI is InChI=1S/C50H49N3/c1-7-10-11-22-37-23-14-17-26-45(37)51(31-8-2)38-29-30-47-40(32-38)41-33-39(34-43-49(41)53(47)48-28-19-15-24-42(48)50(43,5)6)52(44-25-16-12-20-35(44)4)46-27-18-13-21-36(46)9-3/h7-8,11-12,14-20,22-30,32-34H,1-2,9-10,13,21,31H2,3-6H3/b22-11-. The van der Waals surface area contributed by atoms with Crippen molar-refractivity contribution in [3.05, 3.63) is 180 Å². The predicted octanol–water partition coefficient (Wildman–Crippen LogP) is 13.8. The zero-order valence-electron chi connectivity index (χ0n) is 31.6. The normalized spacial score (nSPS) is 14.6. The van der Waals surface area contributed by atoms with Gasteiger partial charge >= 0.3 is 0 Å². The lowest BCUT2D eigenvalue weighted by Gasteiger charge is -2.37. The van der Waals surface area contributed by atoms with Crippen LogP contribution in [0.1, 0.15) is 68.7 Å². The molecule has 0 bridgehead atoms. The van der Waals surface area contributed by atoms with Gasteiger partial charge in [-0.15, -0.1) is 13.2 Å². The molecule has 0 atom stereocenters. The highest BCUT2D eigenvalue weighted by atomic mass is 15.2. The first-order valence-electron chi connectivity index (χ1n) is 19.1. The molecule has 0 fully saturated rings. The third-order valence-electron chi connectivity index (χ3n) is 11.3. The largest absolute Gasteiger partial charge is 0.337 e. The minimum absolute atomic E-state index is 0.217. The fourth-order valence-electron chi connectivity index (χ4n) is 8.64. The number of aromatic nitrogens is 1. The van der Waals surface area contributed by atoms with Gasteiger partial charge in [0, 0.05) is 51.2 Å². The molecule has 264 valence electrons. The number of hydrogen-bond acceptors (Lipinski definition) is 2. The van der Waals surface area contributed by atoms with E-state index in [2.05, 4.69) is 183 Å². The van der Waals surface area contributed by atoms with Crippen molar-refractivity contribution in [2.75, 3.05) is 16.3 Å². The van der Waals surface area contributed by atoms with E-state index in [0.717, 1.165) is 37.1 Å². The Morgan fingerprint density at radius 3 is 2.34 bits per heavy atom. The van der Waals surface area contributed by atoms with Crippen LogP contribution in [0.15, 0.2) is 158 Å². The number of benzene rings is 5. The van der Waals surface area contributed by atoms with Crippen molar-refractivity contribution < 1.29 is 0 Å². The van der Waals surface area contributed by atoms with Crippen LogP contribution in [0.3, 0.4) is 0 Å². The van der Waals surface area contributed by atoms with Crippen molar-refractivity contribution in [3.8, 4) is 5.69 Å². The minimum atomic E-state index is -0.217. The summed E-state index contributed by atoms with van der Waals surface area (Å²) in [6.45, 7) is 18.1. The SMILES string of the molecule is C=CC/C=C\c1ccccc1N(CC=C)c1ccc2c(c1)c1cc(N(C3=C(CC)CCC=C3)c3ccccc3C)cc3c1n2-c1ccccc1C3(C)C. The molecule has 0 saturated carbocycles. The van der Waals surface area contributed by atoms with Gasteiger partial charge in [0.15, 0.2) is 0 Å². The summed E-state index contributed by atoms with van der Waals surface area (Å²) in [5.74, 6) is 0. The molecule has 8 rings (SSSR count). The third kappa shape index (κ3) is 5.76. The molecule has 1 aliphatic heterocycles. The molecular weight excluding hydrogens is 643 g/mol. The molecule has 2 aliphatic rings. The fourth-order valence-corrected chi connectivity index (χ4v) is 8.64. The van der Waals surface area contributed by atoms with Crippen molar-refractivity contribution in [3.63, 3.8) is 0 Å². The molecule has 53 heavy (non-hydrogen) atoms. The predicted molar refractivity (Wildman–Crippen MR) is 229 cm³/mol. The van der Waals surface area contributed by atoms with Gasteiger partial charge < -0.3 is 14.4 Å². The molecule has 0 N–H and O–H groups in total. The van der Waals surface area contributed by atoms with Crippen molar-refractivity contribution >= 4 is 50.6 Å². The van der Waals surface area contributed by atoms with Crippen LogP contribution >= 0.6 is 0 Å². The average molecular weight is 692 g/mol. The lowest BCUT2D eigenvalue weighted by atomic mass is 9.74. The summed E-state index contributed by atoms with van der Waals surface area (Å²) in [5, 5.41) is 2.52. The summed E-state index contributed by atoms with van der Waals surface area (Å²) in [6.07, 6.45) is 17.1. The number of hydrogen-bond donors (Lipinski definition) is 0. The average Bonchev–Trinajstić information content (AvgIpc) is 3.51. The van der Waals surface area contributed by atoms with E-state index in [9.17, 15) is 0 Å².